The number of aromatic nitrogens is 1. The number of anilines is 1. The molecule has 162 valence electrons. The number of carbonyl (C=O) groups is 1. The predicted octanol–water partition coefficient (Wildman–Crippen LogP) is 3.84. The van der Waals surface area contributed by atoms with Crippen LogP contribution in [0.1, 0.15) is 0 Å². The van der Waals surface area contributed by atoms with Crippen LogP contribution in [0.3, 0.4) is 0 Å². The number of oxazole rings is 1. The minimum absolute atomic E-state index is 0.0409. The second-order valence-electron chi connectivity index (χ2n) is 7.07. The van der Waals surface area contributed by atoms with Gasteiger partial charge in [-0.25, -0.2) is 4.79 Å². The van der Waals surface area contributed by atoms with Gasteiger partial charge in [-0.15, -0.1) is 0 Å². The molecule has 0 radical (unpaired) electrons. The van der Waals surface area contributed by atoms with Crippen molar-refractivity contribution in [3.8, 4) is 16.9 Å². The number of nitro benzene ring substituents is 1. The summed E-state index contributed by atoms with van der Waals surface area (Å²) in [4.78, 5) is 37.4. The van der Waals surface area contributed by atoms with Crippen molar-refractivity contribution in [1.82, 2.24) is 4.57 Å². The van der Waals surface area contributed by atoms with E-state index in [9.17, 15) is 19.7 Å². The molecule has 0 aliphatic carbocycles. The molecule has 0 bridgehead atoms. The van der Waals surface area contributed by atoms with Crippen molar-refractivity contribution >= 4 is 28.4 Å². The summed E-state index contributed by atoms with van der Waals surface area (Å²) in [5.41, 5.74) is 2.52. The summed E-state index contributed by atoms with van der Waals surface area (Å²) in [7, 11) is 3.11. The first-order valence-electron chi connectivity index (χ1n) is 9.67. The van der Waals surface area contributed by atoms with Crippen LogP contribution in [0.5, 0.6) is 5.75 Å². The van der Waals surface area contributed by atoms with Crippen molar-refractivity contribution in [3.63, 3.8) is 0 Å². The lowest BCUT2D eigenvalue weighted by Crippen LogP contribution is -2.32. The number of hydrogen-bond donors (Lipinski definition) is 0. The van der Waals surface area contributed by atoms with Crippen LogP contribution in [0.15, 0.2) is 75.9 Å². The first kappa shape index (κ1) is 20.9. The minimum Gasteiger partial charge on any atom is -0.495 e. The molecule has 0 aliphatic heterocycles. The monoisotopic (exact) mass is 433 g/mol. The lowest BCUT2D eigenvalue weighted by atomic mass is 10.0. The molecule has 9 nitrogen and oxygen atoms in total. The van der Waals surface area contributed by atoms with Crippen LogP contribution in [0, 0.1) is 10.1 Å². The second-order valence-corrected chi connectivity index (χ2v) is 7.07. The first-order valence-corrected chi connectivity index (χ1v) is 9.67. The molecule has 1 aromatic heterocycles. The van der Waals surface area contributed by atoms with Gasteiger partial charge in [-0.3, -0.25) is 19.5 Å². The van der Waals surface area contributed by atoms with E-state index < -0.39 is 10.7 Å². The van der Waals surface area contributed by atoms with E-state index in [0.29, 0.717) is 33.7 Å². The van der Waals surface area contributed by atoms with Crippen molar-refractivity contribution in [3.05, 3.63) is 87.4 Å². The molecule has 9 heteroatoms. The third-order valence-corrected chi connectivity index (χ3v) is 5.17. The van der Waals surface area contributed by atoms with Crippen LogP contribution in [0.4, 0.5) is 11.4 Å². The van der Waals surface area contributed by atoms with Gasteiger partial charge in [-0.05, 0) is 35.4 Å². The summed E-state index contributed by atoms with van der Waals surface area (Å²) < 4.78 is 11.8. The van der Waals surface area contributed by atoms with Crippen LogP contribution >= 0.6 is 0 Å². The highest BCUT2D eigenvalue weighted by Crippen LogP contribution is 2.28. The summed E-state index contributed by atoms with van der Waals surface area (Å²) in [6.07, 6.45) is 0. The number of non-ortho nitro benzene ring substituents is 1. The summed E-state index contributed by atoms with van der Waals surface area (Å²) in [5.74, 6) is -0.487. The van der Waals surface area contributed by atoms with Gasteiger partial charge in [0.1, 0.15) is 12.3 Å². The molecule has 0 unspecified atom stereocenters. The molecule has 32 heavy (non-hydrogen) atoms. The van der Waals surface area contributed by atoms with E-state index in [1.165, 1.54) is 28.7 Å². The zero-order valence-electron chi connectivity index (χ0n) is 17.3. The summed E-state index contributed by atoms with van der Waals surface area (Å²) in [6, 6.07) is 18.2. The average molecular weight is 433 g/mol. The molecular formula is C23H19N3O6. The fraction of sp³-hybridized carbons (Fsp3) is 0.130. The zero-order chi connectivity index (χ0) is 22.8. The van der Waals surface area contributed by atoms with Crippen LogP contribution in [-0.4, -0.2) is 29.6 Å². The number of fused-ring (bicyclic) bond motifs is 1. The number of para-hydroxylation sites is 2. The van der Waals surface area contributed by atoms with Crippen molar-refractivity contribution in [2.24, 2.45) is 0 Å². The topological polar surface area (TPSA) is 108 Å². The van der Waals surface area contributed by atoms with E-state index in [2.05, 4.69) is 0 Å². The van der Waals surface area contributed by atoms with Gasteiger partial charge in [0.05, 0.1) is 23.2 Å². The highest BCUT2D eigenvalue weighted by atomic mass is 16.6. The van der Waals surface area contributed by atoms with Gasteiger partial charge in [0, 0.05) is 19.2 Å². The van der Waals surface area contributed by atoms with Gasteiger partial charge in [-0.1, -0.05) is 30.3 Å². The summed E-state index contributed by atoms with van der Waals surface area (Å²) in [5, 5.41) is 11.1. The van der Waals surface area contributed by atoms with Gasteiger partial charge in [-0.2, -0.15) is 0 Å². The van der Waals surface area contributed by atoms with E-state index in [-0.39, 0.29) is 18.1 Å². The lowest BCUT2D eigenvalue weighted by Gasteiger charge is -2.20. The van der Waals surface area contributed by atoms with Crippen LogP contribution < -0.4 is 15.4 Å². The number of hydrogen-bond acceptors (Lipinski definition) is 6. The molecule has 4 rings (SSSR count). The Balaban J connectivity index is 1.70. The minimum atomic E-state index is -0.669. The number of ether oxygens (including phenoxy) is 1. The Bertz CT molecular complexity index is 1390. The number of nitro groups is 1. The molecule has 1 heterocycles. The van der Waals surface area contributed by atoms with Crippen molar-refractivity contribution in [1.29, 1.82) is 0 Å². The van der Waals surface area contributed by atoms with Crippen LogP contribution in [0.2, 0.25) is 0 Å². The fourth-order valence-corrected chi connectivity index (χ4v) is 3.47. The Labute approximate surface area is 182 Å². The van der Waals surface area contributed by atoms with E-state index in [1.807, 2.05) is 0 Å². The van der Waals surface area contributed by atoms with Crippen LogP contribution in [-0.2, 0) is 11.3 Å². The third kappa shape index (κ3) is 3.83. The number of amides is 1. The Morgan fingerprint density at radius 3 is 2.59 bits per heavy atom. The van der Waals surface area contributed by atoms with Crippen molar-refractivity contribution < 1.29 is 18.9 Å². The quantitative estimate of drug-likeness (QED) is 0.338. The second kappa shape index (κ2) is 8.38. The molecule has 0 N–H and O–H groups in total. The Hall–Kier alpha value is -4.40. The predicted molar refractivity (Wildman–Crippen MR) is 119 cm³/mol. The maximum atomic E-state index is 12.9. The Kier molecular flexibility index (Phi) is 5.46. The Morgan fingerprint density at radius 1 is 1.09 bits per heavy atom. The maximum Gasteiger partial charge on any atom is 0.420 e. The molecular weight excluding hydrogens is 414 g/mol. The zero-order valence-corrected chi connectivity index (χ0v) is 17.3. The third-order valence-electron chi connectivity index (χ3n) is 5.17. The number of carbonyl (C=O) groups excluding carboxylic acids is 1. The van der Waals surface area contributed by atoms with Crippen molar-refractivity contribution in [2.75, 3.05) is 19.1 Å². The van der Waals surface area contributed by atoms with Gasteiger partial charge < -0.3 is 14.1 Å². The van der Waals surface area contributed by atoms with E-state index >= 15 is 0 Å². The fourth-order valence-electron chi connectivity index (χ4n) is 3.47. The standard InChI is InChI=1S/C23H19N3O6/c1-24(18-8-3-4-9-20(18)31-2)22(27)14-25-19-13-16(10-11-21(19)32-23(25)28)15-6-5-7-17(12-15)26(29)30/h3-13H,14H2,1-2H3. The molecule has 0 saturated heterocycles. The number of methoxy groups -OCH3 is 1. The molecule has 0 aliphatic rings. The number of nitrogens with zero attached hydrogens (tertiary/aromatic N) is 3. The SMILES string of the molecule is COc1ccccc1N(C)C(=O)Cn1c(=O)oc2ccc(-c3cccc([N+](=O)[O-])c3)cc21. The molecule has 0 atom stereocenters. The normalized spacial score (nSPS) is 10.8. The summed E-state index contributed by atoms with van der Waals surface area (Å²) in [6.45, 7) is -0.251. The number of rotatable bonds is 6. The van der Waals surface area contributed by atoms with Gasteiger partial charge >= 0.3 is 5.76 Å². The van der Waals surface area contributed by atoms with Gasteiger partial charge in [0.25, 0.3) is 5.69 Å². The first-order chi connectivity index (χ1) is 15.4. The van der Waals surface area contributed by atoms with Crippen molar-refractivity contribution in [2.45, 2.75) is 6.54 Å². The number of benzene rings is 3. The molecule has 0 fully saturated rings. The lowest BCUT2D eigenvalue weighted by molar-refractivity contribution is -0.384. The largest absolute Gasteiger partial charge is 0.495 e. The van der Waals surface area contributed by atoms with E-state index in [0.717, 1.165) is 0 Å². The highest BCUT2D eigenvalue weighted by molar-refractivity contribution is 5.95. The Morgan fingerprint density at radius 2 is 1.84 bits per heavy atom. The smallest absolute Gasteiger partial charge is 0.420 e. The number of likely N-dealkylation sites (N-methyl/N-ethyl adjacent to an activating group) is 1. The molecule has 0 spiro atoms. The van der Waals surface area contributed by atoms with Gasteiger partial charge in [0.15, 0.2) is 5.58 Å². The molecule has 4 aromatic rings. The molecule has 3 aromatic carbocycles. The average Bonchev–Trinajstić information content (AvgIpc) is 3.12. The molecule has 1 amide bonds. The maximum absolute atomic E-state index is 12.9. The van der Waals surface area contributed by atoms with E-state index in [1.54, 1.807) is 61.6 Å². The van der Waals surface area contributed by atoms with Crippen LogP contribution in [0.25, 0.3) is 22.2 Å². The highest BCUT2D eigenvalue weighted by Gasteiger charge is 2.19. The van der Waals surface area contributed by atoms with E-state index in [4.69, 9.17) is 9.15 Å². The molecule has 0 saturated carbocycles. The summed E-state index contributed by atoms with van der Waals surface area (Å²) >= 11 is 0. The van der Waals surface area contributed by atoms with Gasteiger partial charge in [0.2, 0.25) is 5.91 Å².